The molecule has 224 valence electrons. The van der Waals surface area contributed by atoms with Crippen LogP contribution in [0.4, 0.5) is 0 Å². The number of hydrogen-bond acceptors (Lipinski definition) is 7. The second kappa shape index (κ2) is 13.5. The Labute approximate surface area is 278 Å². The third kappa shape index (κ3) is 6.66. The van der Waals surface area contributed by atoms with E-state index < -0.39 is 18.5 Å². The smallest absolute Gasteiger partial charge is 0.349 e. The predicted molar refractivity (Wildman–Crippen MR) is 170 cm³/mol. The molecule has 7 nitrogen and oxygen atoms in total. The molecular weight excluding hydrogens is 670 g/mol. The molecule has 4 aromatic carbocycles. The van der Waals surface area contributed by atoms with Gasteiger partial charge in [-0.1, -0.05) is 106 Å². The zero-order chi connectivity index (χ0) is 31.5. The van der Waals surface area contributed by atoms with Crippen LogP contribution in [0, 0.1) is 18.3 Å². The molecule has 0 bridgehead atoms. The third-order valence-corrected chi connectivity index (χ3v) is 8.91. The molecule has 0 saturated carbocycles. The fourth-order valence-electron chi connectivity index (χ4n) is 4.45. The number of esters is 1. The van der Waals surface area contributed by atoms with Crippen LogP contribution in [-0.2, 0) is 11.4 Å². The van der Waals surface area contributed by atoms with Gasteiger partial charge in [0, 0.05) is 11.6 Å². The Morgan fingerprint density at radius 1 is 0.864 bits per heavy atom. The minimum atomic E-state index is -0.783. The number of benzene rings is 4. The van der Waals surface area contributed by atoms with Crippen molar-refractivity contribution in [2.75, 3.05) is 6.61 Å². The maximum absolute atomic E-state index is 12.6. The Morgan fingerprint density at radius 3 is 2.11 bits per heavy atom. The van der Waals surface area contributed by atoms with Gasteiger partial charge in [-0.05, 0) is 36.2 Å². The molecule has 0 aliphatic carbocycles. The van der Waals surface area contributed by atoms with Crippen LogP contribution < -0.4 is 24.7 Å². The van der Waals surface area contributed by atoms with E-state index in [0.29, 0.717) is 23.7 Å². The number of allylic oxidation sites excluding steroid dienone is 1. The molecule has 1 heterocycles. The molecule has 44 heavy (non-hydrogen) atoms. The molecule has 0 fully saturated rings. The lowest BCUT2D eigenvalue weighted by Crippen LogP contribution is -2.21. The molecule has 0 saturated heterocycles. The Bertz CT molecular complexity index is 1790. The lowest BCUT2D eigenvalue weighted by Gasteiger charge is -2.26. The molecular formula is C32H21Cl5N2O5. The fourth-order valence-corrected chi connectivity index (χ4v) is 5.68. The summed E-state index contributed by atoms with van der Waals surface area (Å²) in [7, 11) is 0. The average Bonchev–Trinajstić information content (AvgIpc) is 3.02. The van der Waals surface area contributed by atoms with E-state index >= 15 is 0 Å². The van der Waals surface area contributed by atoms with Gasteiger partial charge in [-0.2, -0.15) is 5.26 Å². The van der Waals surface area contributed by atoms with Crippen LogP contribution in [0.25, 0.3) is 0 Å². The Kier molecular flexibility index (Phi) is 9.69. The zero-order valence-electron chi connectivity index (χ0n) is 22.8. The fraction of sp³-hybridized carbons (Fsp3) is 0.125. The number of rotatable bonds is 8. The van der Waals surface area contributed by atoms with Gasteiger partial charge in [0.15, 0.2) is 12.4 Å². The van der Waals surface area contributed by atoms with Gasteiger partial charge in [-0.25, -0.2) is 4.79 Å². The number of carbonyl (C=O) groups excluding carboxylic acids is 1. The molecule has 1 atom stereocenters. The van der Waals surface area contributed by atoms with E-state index in [1.165, 1.54) is 11.6 Å². The van der Waals surface area contributed by atoms with Crippen LogP contribution in [0.5, 0.6) is 23.0 Å². The number of fused-ring (bicyclic) bond motifs is 1. The lowest BCUT2D eigenvalue weighted by atomic mass is 9.83. The maximum atomic E-state index is 12.6. The molecule has 0 aromatic heterocycles. The Hall–Kier alpha value is -3.77. The average molecular weight is 691 g/mol. The van der Waals surface area contributed by atoms with Gasteiger partial charge < -0.3 is 24.7 Å². The van der Waals surface area contributed by atoms with Crippen LogP contribution in [0.3, 0.4) is 0 Å². The quantitative estimate of drug-likeness (QED) is 0.0852. The summed E-state index contributed by atoms with van der Waals surface area (Å²) in [4.78, 5) is 12.6. The van der Waals surface area contributed by atoms with Crippen molar-refractivity contribution < 1.29 is 23.7 Å². The first-order valence-corrected chi connectivity index (χ1v) is 14.8. The molecule has 0 amide bonds. The molecule has 1 aliphatic rings. The van der Waals surface area contributed by atoms with Crippen molar-refractivity contribution in [2.24, 2.45) is 5.73 Å². The minimum Gasteiger partial charge on any atom is -0.489 e. The monoisotopic (exact) mass is 688 g/mol. The summed E-state index contributed by atoms with van der Waals surface area (Å²) in [6.45, 7) is 1.87. The number of hydrogen-bond donors (Lipinski definition) is 1. The number of carbonyl (C=O) groups is 1. The third-order valence-electron chi connectivity index (χ3n) is 6.67. The van der Waals surface area contributed by atoms with E-state index in [9.17, 15) is 10.1 Å². The summed E-state index contributed by atoms with van der Waals surface area (Å²) in [6, 6.07) is 22.4. The summed E-state index contributed by atoms with van der Waals surface area (Å²) in [5, 5.41) is 9.51. The van der Waals surface area contributed by atoms with Gasteiger partial charge in [0.1, 0.15) is 45.5 Å². The Morgan fingerprint density at radius 2 is 1.48 bits per heavy atom. The normalized spacial score (nSPS) is 13.9. The predicted octanol–water partition coefficient (Wildman–Crippen LogP) is 9.04. The maximum Gasteiger partial charge on any atom is 0.349 e. The number of halogens is 5. The van der Waals surface area contributed by atoms with E-state index in [1.54, 1.807) is 12.1 Å². The van der Waals surface area contributed by atoms with Crippen molar-refractivity contribution in [3.63, 3.8) is 0 Å². The summed E-state index contributed by atoms with van der Waals surface area (Å²) < 4.78 is 22.5. The van der Waals surface area contributed by atoms with Crippen molar-refractivity contribution in [3.05, 3.63) is 126 Å². The van der Waals surface area contributed by atoms with E-state index in [0.717, 1.165) is 11.1 Å². The van der Waals surface area contributed by atoms with Crippen molar-refractivity contribution in [2.45, 2.75) is 19.4 Å². The highest BCUT2D eigenvalue weighted by Gasteiger charge is 2.31. The number of nitriles is 1. The molecule has 5 rings (SSSR count). The summed E-state index contributed by atoms with van der Waals surface area (Å²) >= 11 is 30.4. The highest BCUT2D eigenvalue weighted by Crippen LogP contribution is 2.48. The van der Waals surface area contributed by atoms with Gasteiger partial charge >= 0.3 is 5.97 Å². The SMILES string of the molecule is Cc1ccc(COc2ccc(C3C(C#N)=C(N)Oc4cc(OC(=O)COc5c(Cl)c(Cl)c(Cl)c(Cl)c5Cl)ccc43)cc2)cc1. The number of ether oxygens (including phenoxy) is 4. The van der Waals surface area contributed by atoms with Crippen molar-refractivity contribution in [3.8, 4) is 29.1 Å². The number of aryl methyl sites for hydroxylation is 1. The number of nitrogens with zero attached hydrogens (tertiary/aromatic N) is 1. The molecule has 0 radical (unpaired) electrons. The van der Waals surface area contributed by atoms with Crippen LogP contribution in [0.1, 0.15) is 28.2 Å². The van der Waals surface area contributed by atoms with Crippen molar-refractivity contribution >= 4 is 64.0 Å². The van der Waals surface area contributed by atoms with Crippen molar-refractivity contribution in [1.29, 1.82) is 5.26 Å². The van der Waals surface area contributed by atoms with Crippen LogP contribution in [-0.4, -0.2) is 12.6 Å². The van der Waals surface area contributed by atoms with Crippen LogP contribution in [0.15, 0.2) is 78.2 Å². The second-order valence-corrected chi connectivity index (χ2v) is 11.5. The molecule has 2 N–H and O–H groups in total. The van der Waals surface area contributed by atoms with Gasteiger partial charge in [0.2, 0.25) is 5.88 Å². The Balaban J connectivity index is 1.31. The first-order valence-electron chi connectivity index (χ1n) is 12.9. The van der Waals surface area contributed by atoms with Gasteiger partial charge in [0.25, 0.3) is 0 Å². The first-order chi connectivity index (χ1) is 21.1. The molecule has 12 heteroatoms. The molecule has 1 aliphatic heterocycles. The van der Waals surface area contributed by atoms with E-state index in [4.69, 9.17) is 82.7 Å². The van der Waals surface area contributed by atoms with Gasteiger partial charge in [-0.3, -0.25) is 0 Å². The minimum absolute atomic E-state index is 0.0408. The lowest BCUT2D eigenvalue weighted by molar-refractivity contribution is -0.136. The molecule has 4 aromatic rings. The van der Waals surface area contributed by atoms with Gasteiger partial charge in [-0.15, -0.1) is 0 Å². The van der Waals surface area contributed by atoms with Crippen LogP contribution >= 0.6 is 58.0 Å². The highest BCUT2D eigenvalue weighted by molar-refractivity contribution is 6.55. The van der Waals surface area contributed by atoms with Gasteiger partial charge in [0.05, 0.1) is 21.0 Å². The first kappa shape index (κ1) is 31.6. The highest BCUT2D eigenvalue weighted by atomic mass is 35.5. The summed E-state index contributed by atoms with van der Waals surface area (Å²) in [6.07, 6.45) is 0. The van der Waals surface area contributed by atoms with Crippen molar-refractivity contribution in [1.82, 2.24) is 0 Å². The second-order valence-electron chi connectivity index (χ2n) is 9.63. The molecule has 0 spiro atoms. The number of nitrogens with two attached hydrogens (primary N) is 1. The van der Waals surface area contributed by atoms with E-state index in [1.807, 2.05) is 55.5 Å². The topological polar surface area (TPSA) is 104 Å². The van der Waals surface area contributed by atoms with E-state index in [2.05, 4.69) is 6.07 Å². The van der Waals surface area contributed by atoms with E-state index in [-0.39, 0.29) is 48.1 Å². The summed E-state index contributed by atoms with van der Waals surface area (Å²) in [5.74, 6) is -0.339. The van der Waals surface area contributed by atoms with Crippen LogP contribution in [0.2, 0.25) is 25.1 Å². The standard InChI is InChI=1S/C32H21Cl5N2O5/c1-16-2-4-17(5-3-16)14-41-19-8-6-18(7-9-19)25-21-11-10-20(12-23(21)44-32(39)22(25)13-38)43-24(40)15-42-31-29(36)27(34)26(33)28(35)30(31)37/h2-12,25H,14-15,39H2,1H3. The summed E-state index contributed by atoms with van der Waals surface area (Å²) in [5.41, 5.74) is 10.1. The zero-order valence-corrected chi connectivity index (χ0v) is 26.6. The largest absolute Gasteiger partial charge is 0.489 e. The molecule has 1 unspecified atom stereocenters.